The SMILES string of the molecule is CCC[C@@]1(CCCc2ccccc2)CC(=O)C(=C(CC)c2cccc([N+](=O)[O-])c2)C(=O)O1. The van der Waals surface area contributed by atoms with Gasteiger partial charge in [0.1, 0.15) is 11.2 Å². The molecule has 1 fully saturated rings. The number of ether oxygens (including phenoxy) is 1. The molecule has 1 aliphatic heterocycles. The van der Waals surface area contributed by atoms with Gasteiger partial charge in [-0.15, -0.1) is 0 Å². The number of cyclic esters (lactones) is 1. The Labute approximate surface area is 188 Å². The molecule has 0 saturated carbocycles. The number of non-ortho nitro benzene ring substituents is 1. The van der Waals surface area contributed by atoms with Crippen molar-refractivity contribution in [3.8, 4) is 0 Å². The maximum absolute atomic E-state index is 13.2. The highest BCUT2D eigenvalue weighted by molar-refractivity contribution is 6.24. The lowest BCUT2D eigenvalue weighted by atomic mass is 9.80. The summed E-state index contributed by atoms with van der Waals surface area (Å²) in [5.74, 6) is -0.851. The average molecular weight is 436 g/mol. The predicted molar refractivity (Wildman–Crippen MR) is 123 cm³/mol. The maximum atomic E-state index is 13.2. The van der Waals surface area contributed by atoms with Crippen molar-refractivity contribution in [2.75, 3.05) is 0 Å². The monoisotopic (exact) mass is 435 g/mol. The average Bonchev–Trinajstić information content (AvgIpc) is 2.77. The standard InChI is InChI=1S/C26H29NO5/c1-3-15-26(16-9-12-19-10-6-5-7-11-19)18-23(28)24(25(29)32-26)22(4-2)20-13-8-14-21(17-20)27(30)31/h5-8,10-11,13-14,17H,3-4,9,12,15-16,18H2,1-2H3/t26-/m1/s1. The van der Waals surface area contributed by atoms with Crippen LogP contribution in [-0.2, 0) is 20.7 Å². The third-order valence-electron chi connectivity index (χ3n) is 5.98. The van der Waals surface area contributed by atoms with Crippen LogP contribution in [0, 0.1) is 10.1 Å². The van der Waals surface area contributed by atoms with Gasteiger partial charge < -0.3 is 4.74 Å². The summed E-state index contributed by atoms with van der Waals surface area (Å²) in [6.07, 6.45) is 4.27. The molecule has 2 aromatic rings. The van der Waals surface area contributed by atoms with Crippen molar-refractivity contribution in [3.05, 3.63) is 81.4 Å². The maximum Gasteiger partial charge on any atom is 0.342 e. The number of benzene rings is 2. The minimum atomic E-state index is -0.789. The van der Waals surface area contributed by atoms with Crippen LogP contribution in [0.25, 0.3) is 5.57 Å². The highest BCUT2D eigenvalue weighted by Crippen LogP contribution is 2.38. The van der Waals surface area contributed by atoms with E-state index in [2.05, 4.69) is 12.1 Å². The second-order valence-electron chi connectivity index (χ2n) is 8.28. The van der Waals surface area contributed by atoms with Gasteiger partial charge in [-0.05, 0) is 48.8 Å². The molecule has 168 valence electrons. The summed E-state index contributed by atoms with van der Waals surface area (Å²) in [6, 6.07) is 16.2. The Hall–Kier alpha value is -3.28. The first-order chi connectivity index (χ1) is 15.4. The summed E-state index contributed by atoms with van der Waals surface area (Å²) >= 11 is 0. The molecule has 0 aliphatic carbocycles. The van der Waals surface area contributed by atoms with Gasteiger partial charge in [0.05, 0.1) is 11.3 Å². The van der Waals surface area contributed by atoms with E-state index in [9.17, 15) is 19.7 Å². The quantitative estimate of drug-likeness (QED) is 0.162. The second-order valence-corrected chi connectivity index (χ2v) is 8.28. The Morgan fingerprint density at radius 1 is 1.06 bits per heavy atom. The molecule has 2 aromatic carbocycles. The molecule has 0 spiro atoms. The number of nitrogens with zero attached hydrogens (tertiary/aromatic N) is 1. The zero-order valence-electron chi connectivity index (χ0n) is 18.6. The van der Waals surface area contributed by atoms with E-state index in [0.717, 1.165) is 19.3 Å². The van der Waals surface area contributed by atoms with E-state index in [4.69, 9.17) is 4.74 Å². The van der Waals surface area contributed by atoms with Crippen molar-refractivity contribution in [2.24, 2.45) is 0 Å². The van der Waals surface area contributed by atoms with Crippen LogP contribution >= 0.6 is 0 Å². The van der Waals surface area contributed by atoms with Gasteiger partial charge in [-0.25, -0.2) is 4.79 Å². The van der Waals surface area contributed by atoms with Gasteiger partial charge in [-0.1, -0.05) is 62.7 Å². The Bertz CT molecular complexity index is 1010. The lowest BCUT2D eigenvalue weighted by molar-refractivity contribution is -0.384. The molecule has 0 amide bonds. The molecule has 1 aliphatic rings. The number of Topliss-reactive ketones (excluding diaryl/α,β-unsaturated/α-hetero) is 1. The zero-order chi connectivity index (χ0) is 23.1. The van der Waals surface area contributed by atoms with Crippen molar-refractivity contribution in [1.82, 2.24) is 0 Å². The van der Waals surface area contributed by atoms with E-state index in [1.807, 2.05) is 32.0 Å². The predicted octanol–water partition coefficient (Wildman–Crippen LogP) is 5.84. The van der Waals surface area contributed by atoms with Crippen molar-refractivity contribution in [1.29, 1.82) is 0 Å². The molecule has 32 heavy (non-hydrogen) atoms. The van der Waals surface area contributed by atoms with Crippen LogP contribution in [0.4, 0.5) is 5.69 Å². The molecule has 6 heteroatoms. The van der Waals surface area contributed by atoms with Crippen LogP contribution < -0.4 is 0 Å². The number of carbonyl (C=O) groups excluding carboxylic acids is 2. The summed E-state index contributed by atoms with van der Waals surface area (Å²) in [5.41, 5.74) is 1.39. The van der Waals surface area contributed by atoms with Gasteiger partial charge in [0, 0.05) is 12.1 Å². The second kappa shape index (κ2) is 10.4. The van der Waals surface area contributed by atoms with Crippen LogP contribution in [0.5, 0.6) is 0 Å². The molecular formula is C26H29NO5. The lowest BCUT2D eigenvalue weighted by Crippen LogP contribution is -2.44. The highest BCUT2D eigenvalue weighted by atomic mass is 16.6. The zero-order valence-corrected chi connectivity index (χ0v) is 18.6. The van der Waals surface area contributed by atoms with E-state index in [1.54, 1.807) is 12.1 Å². The minimum absolute atomic E-state index is 0.0304. The first-order valence-electron chi connectivity index (χ1n) is 11.2. The number of carbonyl (C=O) groups is 2. The number of esters is 1. The van der Waals surface area contributed by atoms with E-state index in [-0.39, 0.29) is 23.5 Å². The normalized spacial score (nSPS) is 20.1. The van der Waals surface area contributed by atoms with Crippen LogP contribution in [0.1, 0.15) is 63.5 Å². The Morgan fingerprint density at radius 2 is 1.81 bits per heavy atom. The fraction of sp³-hybridized carbons (Fsp3) is 0.385. The van der Waals surface area contributed by atoms with Crippen molar-refractivity contribution < 1.29 is 19.2 Å². The van der Waals surface area contributed by atoms with E-state index < -0.39 is 16.5 Å². The first-order valence-corrected chi connectivity index (χ1v) is 11.2. The molecule has 0 aromatic heterocycles. The molecule has 0 bridgehead atoms. The smallest absolute Gasteiger partial charge is 0.342 e. The number of nitro groups is 1. The minimum Gasteiger partial charge on any atom is -0.455 e. The number of nitro benzene ring substituents is 1. The van der Waals surface area contributed by atoms with Gasteiger partial charge in [-0.2, -0.15) is 0 Å². The van der Waals surface area contributed by atoms with Crippen molar-refractivity contribution >= 4 is 23.0 Å². The van der Waals surface area contributed by atoms with Crippen LogP contribution in [0.15, 0.2) is 60.2 Å². The fourth-order valence-electron chi connectivity index (χ4n) is 4.52. The molecule has 0 N–H and O–H groups in total. The van der Waals surface area contributed by atoms with Gasteiger partial charge in [-0.3, -0.25) is 14.9 Å². The van der Waals surface area contributed by atoms with E-state index >= 15 is 0 Å². The van der Waals surface area contributed by atoms with E-state index in [1.165, 1.54) is 17.7 Å². The molecule has 6 nitrogen and oxygen atoms in total. The highest BCUT2D eigenvalue weighted by Gasteiger charge is 2.44. The Morgan fingerprint density at radius 3 is 2.44 bits per heavy atom. The third kappa shape index (κ3) is 5.31. The summed E-state index contributed by atoms with van der Waals surface area (Å²) < 4.78 is 5.97. The van der Waals surface area contributed by atoms with Gasteiger partial charge in [0.2, 0.25) is 0 Å². The summed E-state index contributed by atoms with van der Waals surface area (Å²) in [5, 5.41) is 11.2. The van der Waals surface area contributed by atoms with Crippen LogP contribution in [0.2, 0.25) is 0 Å². The van der Waals surface area contributed by atoms with Crippen LogP contribution in [0.3, 0.4) is 0 Å². The molecule has 0 unspecified atom stereocenters. The van der Waals surface area contributed by atoms with Crippen LogP contribution in [-0.4, -0.2) is 22.3 Å². The fourth-order valence-corrected chi connectivity index (χ4v) is 4.52. The van der Waals surface area contributed by atoms with E-state index in [0.29, 0.717) is 30.4 Å². The number of hydrogen-bond donors (Lipinski definition) is 0. The Balaban J connectivity index is 1.85. The number of allylic oxidation sites excluding steroid dienone is 1. The number of rotatable bonds is 9. The largest absolute Gasteiger partial charge is 0.455 e. The molecule has 0 radical (unpaired) electrons. The summed E-state index contributed by atoms with van der Waals surface area (Å²) in [6.45, 7) is 3.85. The first kappa shape index (κ1) is 23.4. The van der Waals surface area contributed by atoms with Gasteiger partial charge in [0.15, 0.2) is 5.78 Å². The van der Waals surface area contributed by atoms with Crippen molar-refractivity contribution in [2.45, 2.75) is 64.4 Å². The van der Waals surface area contributed by atoms with Crippen molar-refractivity contribution in [3.63, 3.8) is 0 Å². The summed E-state index contributed by atoms with van der Waals surface area (Å²) in [4.78, 5) is 37.0. The topological polar surface area (TPSA) is 86.5 Å². The number of aryl methyl sites for hydroxylation is 1. The molecule has 3 rings (SSSR count). The molecule has 1 heterocycles. The third-order valence-corrected chi connectivity index (χ3v) is 5.98. The number of hydrogen-bond acceptors (Lipinski definition) is 5. The van der Waals surface area contributed by atoms with Gasteiger partial charge >= 0.3 is 5.97 Å². The molecule has 1 saturated heterocycles. The lowest BCUT2D eigenvalue weighted by Gasteiger charge is -2.37. The Kier molecular flexibility index (Phi) is 7.57. The van der Waals surface area contributed by atoms with Gasteiger partial charge in [0.25, 0.3) is 5.69 Å². The molecular weight excluding hydrogens is 406 g/mol. The number of ketones is 1. The molecule has 1 atom stereocenters. The summed E-state index contributed by atoms with van der Waals surface area (Å²) in [7, 11) is 0.